The Balaban J connectivity index is 2.77. The number of carbonyl (C=O) groups is 1. The highest BCUT2D eigenvalue weighted by Crippen LogP contribution is 1.91. The summed E-state index contributed by atoms with van der Waals surface area (Å²) in [6, 6.07) is 0. The van der Waals surface area contributed by atoms with Gasteiger partial charge in [-0.15, -0.1) is 0 Å². The number of carbonyl (C=O) groups excluding carboxylic acids is 1. The molecule has 0 fully saturated rings. The number of amides is 1. The summed E-state index contributed by atoms with van der Waals surface area (Å²) in [6.07, 6.45) is 2.66. The molecule has 0 saturated carbocycles. The molecule has 0 spiro atoms. The fourth-order valence-electron chi connectivity index (χ4n) is 0.397. The average Bonchev–Trinajstić information content (AvgIpc) is 2.37. The molecule has 0 bridgehead atoms. The van der Waals surface area contributed by atoms with Gasteiger partial charge in [-0.25, -0.2) is 10.8 Å². The molecule has 0 aliphatic heterocycles. The van der Waals surface area contributed by atoms with Crippen LogP contribution in [0.3, 0.4) is 0 Å². The molecule has 3 N–H and O–H groups in total. The van der Waals surface area contributed by atoms with E-state index in [0.717, 1.165) is 0 Å². The van der Waals surface area contributed by atoms with Crippen molar-refractivity contribution in [1.82, 2.24) is 10.4 Å². The molecule has 0 saturated heterocycles. The van der Waals surface area contributed by atoms with Crippen molar-refractivity contribution in [2.24, 2.45) is 5.84 Å². The van der Waals surface area contributed by atoms with E-state index in [9.17, 15) is 4.79 Å². The molecule has 0 aromatic carbocycles. The molecular weight excluding hydrogens is 122 g/mol. The first-order valence-electron chi connectivity index (χ1n) is 2.25. The van der Waals surface area contributed by atoms with Crippen LogP contribution in [-0.2, 0) is 0 Å². The minimum Gasteiger partial charge on any atom is -0.441 e. The Morgan fingerprint density at radius 2 is 2.67 bits per heavy atom. The van der Waals surface area contributed by atoms with Crippen molar-refractivity contribution in [2.45, 2.75) is 0 Å². The third-order valence-corrected chi connectivity index (χ3v) is 0.758. The molecule has 48 valence electrons. The molecule has 9 heavy (non-hydrogen) atoms. The van der Waals surface area contributed by atoms with Crippen molar-refractivity contribution >= 4 is 5.91 Å². The van der Waals surface area contributed by atoms with Gasteiger partial charge in [0.2, 0.25) is 0 Å². The molecule has 0 atom stereocenters. The van der Waals surface area contributed by atoms with E-state index >= 15 is 0 Å². The third kappa shape index (κ3) is 1.06. The highest BCUT2D eigenvalue weighted by Gasteiger charge is 2.05. The zero-order valence-corrected chi connectivity index (χ0v) is 4.50. The summed E-state index contributed by atoms with van der Waals surface area (Å²) in [5.41, 5.74) is 1.87. The molecular formula is C4H5N3O2. The van der Waals surface area contributed by atoms with Crippen LogP contribution in [-0.4, -0.2) is 10.9 Å². The van der Waals surface area contributed by atoms with E-state index in [0.29, 0.717) is 0 Å². The lowest BCUT2D eigenvalue weighted by atomic mass is 10.6. The van der Waals surface area contributed by atoms with E-state index in [1.807, 2.05) is 5.43 Å². The summed E-state index contributed by atoms with van der Waals surface area (Å²) >= 11 is 0. The van der Waals surface area contributed by atoms with Crippen LogP contribution in [0, 0.1) is 0 Å². The number of nitrogens with two attached hydrogens (primary N) is 1. The summed E-state index contributed by atoms with van der Waals surface area (Å²) < 4.78 is 4.58. The Morgan fingerprint density at radius 1 is 1.89 bits per heavy atom. The molecule has 1 aromatic heterocycles. The normalized spacial score (nSPS) is 9.00. The molecule has 5 nitrogen and oxygen atoms in total. The maximum atomic E-state index is 10.5. The largest absolute Gasteiger partial charge is 0.441 e. The second-order valence-electron chi connectivity index (χ2n) is 1.31. The molecule has 0 unspecified atom stereocenters. The monoisotopic (exact) mass is 127 g/mol. The van der Waals surface area contributed by atoms with E-state index in [1.54, 1.807) is 0 Å². The van der Waals surface area contributed by atoms with Crippen LogP contribution >= 0.6 is 0 Å². The van der Waals surface area contributed by atoms with Crippen LogP contribution in [0.4, 0.5) is 0 Å². The number of hydrogen-bond acceptors (Lipinski definition) is 4. The summed E-state index contributed by atoms with van der Waals surface area (Å²) in [6.45, 7) is 0. The molecule has 1 rings (SSSR count). The van der Waals surface area contributed by atoms with Gasteiger partial charge < -0.3 is 4.42 Å². The van der Waals surface area contributed by atoms with Gasteiger partial charge in [-0.05, 0) is 0 Å². The fourth-order valence-corrected chi connectivity index (χ4v) is 0.397. The van der Waals surface area contributed by atoms with Gasteiger partial charge in [0, 0.05) is 0 Å². The standard InChI is InChI=1S/C4H5N3O2/c5-7-3(8)4-6-1-2-9-4/h1-2H,5H2,(H,7,8). The van der Waals surface area contributed by atoms with Gasteiger partial charge in [0.15, 0.2) is 0 Å². The molecule has 1 aromatic rings. The van der Waals surface area contributed by atoms with Crippen LogP contribution in [0.5, 0.6) is 0 Å². The first-order valence-corrected chi connectivity index (χ1v) is 2.25. The van der Waals surface area contributed by atoms with Gasteiger partial charge in [-0.2, -0.15) is 0 Å². The second kappa shape index (κ2) is 2.27. The van der Waals surface area contributed by atoms with E-state index in [1.165, 1.54) is 12.5 Å². The number of nitrogen functional groups attached to an aromatic ring is 1. The van der Waals surface area contributed by atoms with Crippen molar-refractivity contribution in [2.75, 3.05) is 0 Å². The second-order valence-corrected chi connectivity index (χ2v) is 1.31. The molecule has 1 amide bonds. The Labute approximate surface area is 50.8 Å². The quantitative estimate of drug-likeness (QED) is 0.296. The van der Waals surface area contributed by atoms with E-state index in [2.05, 4.69) is 9.40 Å². The predicted molar refractivity (Wildman–Crippen MR) is 28.2 cm³/mol. The van der Waals surface area contributed by atoms with Crippen molar-refractivity contribution < 1.29 is 9.21 Å². The lowest BCUT2D eigenvalue weighted by molar-refractivity contribution is 0.0919. The molecule has 1 heterocycles. The molecule has 0 aliphatic carbocycles. The lowest BCUT2D eigenvalue weighted by Gasteiger charge is -1.88. The Kier molecular flexibility index (Phi) is 1.46. The molecule has 0 aliphatic rings. The molecule has 5 heteroatoms. The zero-order chi connectivity index (χ0) is 6.69. The van der Waals surface area contributed by atoms with Gasteiger partial charge in [0.1, 0.15) is 6.26 Å². The number of rotatable bonds is 1. The smallest absolute Gasteiger partial charge is 0.320 e. The van der Waals surface area contributed by atoms with Crippen LogP contribution in [0.15, 0.2) is 16.9 Å². The molecule has 0 radical (unpaired) electrons. The minimum absolute atomic E-state index is 0.0301. The number of aromatic nitrogens is 1. The summed E-state index contributed by atoms with van der Waals surface area (Å²) in [7, 11) is 0. The van der Waals surface area contributed by atoms with E-state index < -0.39 is 5.91 Å². The SMILES string of the molecule is NNC(=O)c1ncco1. The summed E-state index contributed by atoms with van der Waals surface area (Å²) in [5.74, 6) is 4.21. The van der Waals surface area contributed by atoms with Gasteiger partial charge >= 0.3 is 5.91 Å². The number of nitrogens with one attached hydrogen (secondary N) is 1. The van der Waals surface area contributed by atoms with Crippen molar-refractivity contribution in [1.29, 1.82) is 0 Å². The van der Waals surface area contributed by atoms with Gasteiger partial charge in [0.05, 0.1) is 6.20 Å². The van der Waals surface area contributed by atoms with Crippen LogP contribution < -0.4 is 11.3 Å². The summed E-state index contributed by atoms with van der Waals surface area (Å²) in [4.78, 5) is 14.0. The number of oxazole rings is 1. The van der Waals surface area contributed by atoms with Gasteiger partial charge in [0.25, 0.3) is 5.89 Å². The fraction of sp³-hybridized carbons (Fsp3) is 0. The highest BCUT2D eigenvalue weighted by molar-refractivity contribution is 5.88. The van der Waals surface area contributed by atoms with Crippen molar-refractivity contribution in [3.63, 3.8) is 0 Å². The average molecular weight is 127 g/mol. The lowest BCUT2D eigenvalue weighted by Crippen LogP contribution is -2.30. The van der Waals surface area contributed by atoms with Crippen LogP contribution in [0.2, 0.25) is 0 Å². The van der Waals surface area contributed by atoms with Gasteiger partial charge in [-0.1, -0.05) is 0 Å². The number of hydrazine groups is 1. The topological polar surface area (TPSA) is 81.1 Å². The number of hydrogen-bond donors (Lipinski definition) is 2. The van der Waals surface area contributed by atoms with Gasteiger partial charge in [-0.3, -0.25) is 10.2 Å². The third-order valence-electron chi connectivity index (χ3n) is 0.758. The Hall–Kier alpha value is -1.36. The Bertz CT molecular complexity index is 194. The van der Waals surface area contributed by atoms with E-state index in [4.69, 9.17) is 5.84 Å². The van der Waals surface area contributed by atoms with Crippen molar-refractivity contribution in [3.8, 4) is 0 Å². The first kappa shape index (κ1) is 5.77. The highest BCUT2D eigenvalue weighted by atomic mass is 16.3. The predicted octanol–water partition coefficient (Wildman–Crippen LogP) is -0.722. The minimum atomic E-state index is -0.528. The Morgan fingerprint density at radius 3 is 3.11 bits per heavy atom. The van der Waals surface area contributed by atoms with Crippen LogP contribution in [0.1, 0.15) is 10.7 Å². The van der Waals surface area contributed by atoms with Crippen molar-refractivity contribution in [3.05, 3.63) is 18.4 Å². The summed E-state index contributed by atoms with van der Waals surface area (Å²) in [5, 5.41) is 0. The first-order chi connectivity index (χ1) is 4.34. The number of nitrogens with zero attached hydrogens (tertiary/aromatic N) is 1. The maximum Gasteiger partial charge on any atom is 0.320 e. The van der Waals surface area contributed by atoms with E-state index in [-0.39, 0.29) is 5.89 Å². The van der Waals surface area contributed by atoms with Crippen LogP contribution in [0.25, 0.3) is 0 Å². The zero-order valence-electron chi connectivity index (χ0n) is 4.50. The maximum absolute atomic E-state index is 10.5.